The van der Waals surface area contributed by atoms with Crippen LogP contribution in [0.3, 0.4) is 0 Å². The fourth-order valence-corrected chi connectivity index (χ4v) is 3.08. The van der Waals surface area contributed by atoms with Crippen LogP contribution in [0.5, 0.6) is 0 Å². The van der Waals surface area contributed by atoms with E-state index in [0.717, 1.165) is 17.0 Å². The highest BCUT2D eigenvalue weighted by molar-refractivity contribution is 7.12. The van der Waals surface area contributed by atoms with Gasteiger partial charge in [-0.1, -0.05) is 16.8 Å². The van der Waals surface area contributed by atoms with E-state index in [2.05, 4.69) is 15.6 Å². The van der Waals surface area contributed by atoms with Gasteiger partial charge in [-0.25, -0.2) is 0 Å². The first-order valence-electron chi connectivity index (χ1n) is 6.53. The van der Waals surface area contributed by atoms with Crippen molar-refractivity contribution in [2.45, 2.75) is 20.4 Å². The van der Waals surface area contributed by atoms with Gasteiger partial charge in [0.2, 0.25) is 0 Å². The molecule has 3 heterocycles. The summed E-state index contributed by atoms with van der Waals surface area (Å²) < 4.78 is 6.85. The van der Waals surface area contributed by atoms with Gasteiger partial charge >= 0.3 is 0 Å². The molecule has 0 spiro atoms. The number of nitrogens with zero attached hydrogens (tertiary/aromatic N) is 3. The Morgan fingerprint density at radius 2 is 2.32 bits per heavy atom. The standard InChI is InChI=1S/C14H13ClN4O2S/c1-8-11(9(2)21-18-8)7-19-6-10(5-16-19)17-14(20)13-12(15)3-4-22-13/h3-6H,7H2,1-2H3,(H,17,20). The first kappa shape index (κ1) is 14.8. The van der Waals surface area contributed by atoms with Crippen molar-refractivity contribution in [1.29, 1.82) is 0 Å². The minimum atomic E-state index is -0.239. The molecule has 114 valence electrons. The van der Waals surface area contributed by atoms with E-state index in [-0.39, 0.29) is 5.91 Å². The zero-order valence-corrected chi connectivity index (χ0v) is 13.5. The molecule has 0 aromatic carbocycles. The second kappa shape index (κ2) is 5.94. The molecule has 3 aromatic rings. The number of hydrogen-bond donors (Lipinski definition) is 1. The number of halogens is 1. The summed E-state index contributed by atoms with van der Waals surface area (Å²) in [6.45, 7) is 4.29. The summed E-state index contributed by atoms with van der Waals surface area (Å²) in [6.07, 6.45) is 3.35. The molecule has 6 nitrogen and oxygen atoms in total. The third-order valence-electron chi connectivity index (χ3n) is 3.22. The number of aryl methyl sites for hydroxylation is 2. The molecule has 1 N–H and O–H groups in total. The van der Waals surface area contributed by atoms with Gasteiger partial charge in [-0.05, 0) is 25.3 Å². The van der Waals surface area contributed by atoms with Gasteiger partial charge in [-0.2, -0.15) is 5.10 Å². The fraction of sp³-hybridized carbons (Fsp3) is 0.214. The van der Waals surface area contributed by atoms with Crippen LogP contribution >= 0.6 is 22.9 Å². The van der Waals surface area contributed by atoms with Gasteiger partial charge in [0, 0.05) is 11.8 Å². The van der Waals surface area contributed by atoms with Crippen molar-refractivity contribution < 1.29 is 9.32 Å². The molecule has 0 aliphatic carbocycles. The second-order valence-corrected chi connectivity index (χ2v) is 6.10. The molecule has 0 saturated carbocycles. The maximum Gasteiger partial charge on any atom is 0.267 e. The average molecular weight is 337 g/mol. The maximum atomic E-state index is 12.1. The van der Waals surface area contributed by atoms with E-state index >= 15 is 0 Å². The number of anilines is 1. The van der Waals surface area contributed by atoms with Gasteiger partial charge in [-0.15, -0.1) is 11.3 Å². The minimum absolute atomic E-state index is 0.239. The molecule has 0 aliphatic heterocycles. The van der Waals surface area contributed by atoms with Crippen LogP contribution in [-0.4, -0.2) is 20.8 Å². The second-order valence-electron chi connectivity index (χ2n) is 4.78. The lowest BCUT2D eigenvalue weighted by Crippen LogP contribution is -2.10. The summed E-state index contributed by atoms with van der Waals surface area (Å²) in [7, 11) is 0. The van der Waals surface area contributed by atoms with E-state index < -0.39 is 0 Å². The van der Waals surface area contributed by atoms with Gasteiger partial charge in [-0.3, -0.25) is 9.48 Å². The number of hydrogen-bond acceptors (Lipinski definition) is 5. The number of nitrogens with one attached hydrogen (secondary N) is 1. The quantitative estimate of drug-likeness (QED) is 0.791. The molecular formula is C14H13ClN4O2S. The Kier molecular flexibility index (Phi) is 4.00. The molecule has 0 aliphatic rings. The van der Waals surface area contributed by atoms with Crippen LogP contribution in [0.15, 0.2) is 28.4 Å². The van der Waals surface area contributed by atoms with E-state index in [4.69, 9.17) is 16.1 Å². The molecule has 0 saturated heterocycles. The normalized spacial score (nSPS) is 10.9. The molecule has 22 heavy (non-hydrogen) atoms. The smallest absolute Gasteiger partial charge is 0.267 e. The lowest BCUT2D eigenvalue weighted by molar-refractivity contribution is 0.103. The van der Waals surface area contributed by atoms with Gasteiger partial charge in [0.1, 0.15) is 10.6 Å². The summed E-state index contributed by atoms with van der Waals surface area (Å²) in [4.78, 5) is 12.6. The number of aromatic nitrogens is 3. The monoisotopic (exact) mass is 336 g/mol. The van der Waals surface area contributed by atoms with Crippen molar-refractivity contribution in [3.05, 3.63) is 50.8 Å². The van der Waals surface area contributed by atoms with Gasteiger partial charge in [0.25, 0.3) is 5.91 Å². The molecule has 3 aromatic heterocycles. The number of carbonyl (C=O) groups excluding carboxylic acids is 1. The highest BCUT2D eigenvalue weighted by Crippen LogP contribution is 2.23. The third-order valence-corrected chi connectivity index (χ3v) is 4.56. The number of amides is 1. The largest absolute Gasteiger partial charge is 0.361 e. The Morgan fingerprint density at radius 1 is 1.50 bits per heavy atom. The molecule has 0 bridgehead atoms. The van der Waals surface area contributed by atoms with Crippen LogP contribution in [0.2, 0.25) is 5.02 Å². The van der Waals surface area contributed by atoms with Crippen LogP contribution < -0.4 is 5.32 Å². The Bertz CT molecular complexity index is 801. The predicted octanol–water partition coefficient (Wildman–Crippen LogP) is 3.50. The van der Waals surface area contributed by atoms with Crippen LogP contribution in [0.25, 0.3) is 0 Å². The van der Waals surface area contributed by atoms with Gasteiger partial charge in [0.05, 0.1) is 29.1 Å². The summed E-state index contributed by atoms with van der Waals surface area (Å²) in [5.41, 5.74) is 2.44. The van der Waals surface area contributed by atoms with E-state index in [0.29, 0.717) is 22.1 Å². The SMILES string of the molecule is Cc1noc(C)c1Cn1cc(NC(=O)c2sccc2Cl)cn1. The van der Waals surface area contributed by atoms with Crippen molar-refractivity contribution in [2.75, 3.05) is 5.32 Å². The summed E-state index contributed by atoms with van der Waals surface area (Å²) in [5, 5.41) is 13.1. The number of rotatable bonds is 4. The number of carbonyl (C=O) groups is 1. The van der Waals surface area contributed by atoms with Crippen molar-refractivity contribution in [3.8, 4) is 0 Å². The molecule has 1 amide bonds. The third kappa shape index (κ3) is 2.90. The lowest BCUT2D eigenvalue weighted by Gasteiger charge is -2.01. The zero-order valence-electron chi connectivity index (χ0n) is 12.0. The summed E-state index contributed by atoms with van der Waals surface area (Å²) in [5.74, 6) is 0.529. The lowest BCUT2D eigenvalue weighted by atomic mass is 10.2. The van der Waals surface area contributed by atoms with Crippen LogP contribution in [0.1, 0.15) is 26.7 Å². The Labute approximate surface area is 135 Å². The molecule has 8 heteroatoms. The molecule has 0 atom stereocenters. The van der Waals surface area contributed by atoms with Crippen molar-refractivity contribution >= 4 is 34.5 Å². The van der Waals surface area contributed by atoms with Gasteiger partial charge in [0.15, 0.2) is 0 Å². The highest BCUT2D eigenvalue weighted by atomic mass is 35.5. The topological polar surface area (TPSA) is 73.0 Å². The van der Waals surface area contributed by atoms with Crippen LogP contribution in [0, 0.1) is 13.8 Å². The Hall–Kier alpha value is -2.12. The minimum Gasteiger partial charge on any atom is -0.361 e. The van der Waals surface area contributed by atoms with E-state index in [1.54, 1.807) is 28.5 Å². The zero-order chi connectivity index (χ0) is 15.7. The molecule has 0 unspecified atom stereocenters. The fourth-order valence-electron chi connectivity index (χ4n) is 2.05. The average Bonchev–Trinajstić information content (AvgIpc) is 3.17. The van der Waals surface area contributed by atoms with Crippen molar-refractivity contribution in [3.63, 3.8) is 0 Å². The Morgan fingerprint density at radius 3 is 2.95 bits per heavy atom. The summed E-state index contributed by atoms with van der Waals surface area (Å²) in [6, 6.07) is 1.70. The highest BCUT2D eigenvalue weighted by Gasteiger charge is 2.14. The van der Waals surface area contributed by atoms with E-state index in [1.807, 2.05) is 13.8 Å². The molecule has 0 fully saturated rings. The van der Waals surface area contributed by atoms with Crippen LogP contribution in [-0.2, 0) is 6.54 Å². The first-order valence-corrected chi connectivity index (χ1v) is 7.79. The number of thiophene rings is 1. The maximum absolute atomic E-state index is 12.1. The first-order chi connectivity index (χ1) is 10.5. The molecular weight excluding hydrogens is 324 g/mol. The molecule has 0 radical (unpaired) electrons. The predicted molar refractivity (Wildman–Crippen MR) is 84.6 cm³/mol. The van der Waals surface area contributed by atoms with E-state index in [1.165, 1.54) is 11.3 Å². The van der Waals surface area contributed by atoms with E-state index in [9.17, 15) is 4.79 Å². The van der Waals surface area contributed by atoms with Gasteiger partial charge < -0.3 is 9.84 Å². The van der Waals surface area contributed by atoms with Crippen molar-refractivity contribution in [2.24, 2.45) is 0 Å². The Balaban J connectivity index is 1.72. The summed E-state index contributed by atoms with van der Waals surface area (Å²) >= 11 is 7.25. The molecule has 3 rings (SSSR count). The van der Waals surface area contributed by atoms with Crippen LogP contribution in [0.4, 0.5) is 5.69 Å². The van der Waals surface area contributed by atoms with Crippen molar-refractivity contribution in [1.82, 2.24) is 14.9 Å².